The second-order valence-electron chi connectivity index (χ2n) is 3.69. The molecule has 0 heterocycles. The van der Waals surface area contributed by atoms with Crippen LogP contribution in [0.2, 0.25) is 0 Å². The normalized spacial score (nSPS) is 11.4. The molecule has 106 valence electrons. The van der Waals surface area contributed by atoms with Gasteiger partial charge in [-0.2, -0.15) is 8.42 Å². The van der Waals surface area contributed by atoms with Crippen molar-refractivity contribution in [2.45, 2.75) is 4.90 Å². The maximum absolute atomic E-state index is 13.3. The molecule has 0 amide bonds. The Morgan fingerprint density at radius 3 is 2.10 bits per heavy atom. The lowest BCUT2D eigenvalue weighted by atomic mass is 10.3. The molecule has 0 aliphatic carbocycles. The van der Waals surface area contributed by atoms with Gasteiger partial charge in [0.05, 0.1) is 0 Å². The highest BCUT2D eigenvalue weighted by atomic mass is 32.2. The molecule has 0 aliphatic heterocycles. The summed E-state index contributed by atoms with van der Waals surface area (Å²) in [6.45, 7) is 0. The molecule has 0 aliphatic rings. The number of benzene rings is 2. The van der Waals surface area contributed by atoms with E-state index in [4.69, 9.17) is 0 Å². The monoisotopic (exact) mass is 306 g/mol. The van der Waals surface area contributed by atoms with Gasteiger partial charge in [-0.25, -0.2) is 17.6 Å². The fourth-order valence-electron chi connectivity index (χ4n) is 1.34. The Kier molecular flexibility index (Phi) is 3.67. The van der Waals surface area contributed by atoms with Crippen molar-refractivity contribution in [3.8, 4) is 5.75 Å². The van der Waals surface area contributed by atoms with E-state index >= 15 is 0 Å². The molecule has 2 aromatic rings. The molecule has 20 heavy (non-hydrogen) atoms. The SMILES string of the molecule is O=S(=O)(Oc1ccc(F)cc1F)c1ccc(F)c(F)c1. The zero-order chi connectivity index (χ0) is 14.9. The van der Waals surface area contributed by atoms with E-state index in [0.29, 0.717) is 18.2 Å². The molecule has 8 heteroatoms. The lowest BCUT2D eigenvalue weighted by Gasteiger charge is -2.08. The molecule has 0 spiro atoms. The summed E-state index contributed by atoms with van der Waals surface area (Å²) in [6, 6.07) is 3.73. The largest absolute Gasteiger partial charge is 0.376 e. The van der Waals surface area contributed by atoms with Crippen LogP contribution in [0, 0.1) is 23.3 Å². The highest BCUT2D eigenvalue weighted by molar-refractivity contribution is 7.87. The van der Waals surface area contributed by atoms with Gasteiger partial charge in [-0.3, -0.25) is 0 Å². The number of halogens is 4. The number of hydrogen-bond donors (Lipinski definition) is 0. The maximum Gasteiger partial charge on any atom is 0.339 e. The average molecular weight is 306 g/mol. The molecule has 2 rings (SSSR count). The molecular formula is C12H6F4O3S. The lowest BCUT2D eigenvalue weighted by molar-refractivity contribution is 0.455. The van der Waals surface area contributed by atoms with E-state index in [1.807, 2.05) is 0 Å². The minimum Gasteiger partial charge on any atom is -0.376 e. The van der Waals surface area contributed by atoms with Crippen LogP contribution in [0.25, 0.3) is 0 Å². The number of rotatable bonds is 3. The van der Waals surface area contributed by atoms with Crippen LogP contribution in [-0.2, 0) is 10.1 Å². The Balaban J connectivity index is 2.38. The van der Waals surface area contributed by atoms with E-state index in [0.717, 1.165) is 18.2 Å². The van der Waals surface area contributed by atoms with Gasteiger partial charge in [-0.1, -0.05) is 0 Å². The molecule has 0 fully saturated rings. The van der Waals surface area contributed by atoms with E-state index in [1.54, 1.807) is 0 Å². The van der Waals surface area contributed by atoms with Gasteiger partial charge >= 0.3 is 10.1 Å². The molecule has 3 nitrogen and oxygen atoms in total. The van der Waals surface area contributed by atoms with Gasteiger partial charge in [0.15, 0.2) is 23.2 Å². The summed E-state index contributed by atoms with van der Waals surface area (Å²) in [5.74, 6) is -5.54. The minimum absolute atomic E-state index is 0.395. The summed E-state index contributed by atoms with van der Waals surface area (Å²) in [5, 5.41) is 0. The van der Waals surface area contributed by atoms with Gasteiger partial charge in [0.25, 0.3) is 0 Å². The van der Waals surface area contributed by atoms with Crippen LogP contribution >= 0.6 is 0 Å². The third-order valence-electron chi connectivity index (χ3n) is 2.27. The second-order valence-corrected chi connectivity index (χ2v) is 5.23. The van der Waals surface area contributed by atoms with Crippen molar-refractivity contribution in [3.05, 3.63) is 59.7 Å². The highest BCUT2D eigenvalue weighted by Gasteiger charge is 2.20. The molecule has 0 bridgehead atoms. The summed E-state index contributed by atoms with van der Waals surface area (Å²) < 4.78 is 79.5. The first-order valence-corrected chi connectivity index (χ1v) is 6.55. The van der Waals surface area contributed by atoms with Gasteiger partial charge in [-0.15, -0.1) is 0 Å². The molecular weight excluding hydrogens is 300 g/mol. The van der Waals surface area contributed by atoms with Gasteiger partial charge < -0.3 is 4.18 Å². The zero-order valence-electron chi connectivity index (χ0n) is 9.61. The quantitative estimate of drug-likeness (QED) is 0.647. The van der Waals surface area contributed by atoms with Crippen LogP contribution in [-0.4, -0.2) is 8.42 Å². The van der Waals surface area contributed by atoms with Gasteiger partial charge in [0.2, 0.25) is 0 Å². The lowest BCUT2D eigenvalue weighted by Crippen LogP contribution is -2.11. The molecule has 0 saturated heterocycles. The average Bonchev–Trinajstić information content (AvgIpc) is 2.36. The third kappa shape index (κ3) is 2.90. The fourth-order valence-corrected chi connectivity index (χ4v) is 2.29. The highest BCUT2D eigenvalue weighted by Crippen LogP contribution is 2.23. The first kappa shape index (κ1) is 14.3. The van der Waals surface area contributed by atoms with Crippen molar-refractivity contribution < 1.29 is 30.2 Å². The zero-order valence-corrected chi connectivity index (χ0v) is 10.4. The van der Waals surface area contributed by atoms with Crippen molar-refractivity contribution in [2.24, 2.45) is 0 Å². The molecule has 0 radical (unpaired) electrons. The van der Waals surface area contributed by atoms with E-state index in [2.05, 4.69) is 4.18 Å². The first-order valence-electron chi connectivity index (χ1n) is 5.14. The Hall–Kier alpha value is -2.09. The van der Waals surface area contributed by atoms with Crippen LogP contribution in [0.1, 0.15) is 0 Å². The van der Waals surface area contributed by atoms with Gasteiger partial charge in [-0.05, 0) is 30.3 Å². The summed E-state index contributed by atoms with van der Waals surface area (Å²) in [5.41, 5.74) is 0. The molecule has 0 N–H and O–H groups in total. The van der Waals surface area contributed by atoms with Crippen LogP contribution in [0.5, 0.6) is 5.75 Å². The minimum atomic E-state index is -4.56. The van der Waals surface area contributed by atoms with Crippen LogP contribution in [0.4, 0.5) is 17.6 Å². The fraction of sp³-hybridized carbons (Fsp3) is 0. The standard InChI is InChI=1S/C12H6F4O3S/c13-7-1-4-12(11(16)5-7)19-20(17,18)8-2-3-9(14)10(15)6-8/h1-6H. The summed E-state index contributed by atoms with van der Waals surface area (Å²) in [7, 11) is -4.56. The van der Waals surface area contributed by atoms with Gasteiger partial charge in [0, 0.05) is 6.07 Å². The van der Waals surface area contributed by atoms with E-state index in [-0.39, 0.29) is 0 Å². The number of hydrogen-bond acceptors (Lipinski definition) is 3. The molecule has 0 atom stereocenters. The van der Waals surface area contributed by atoms with E-state index in [9.17, 15) is 26.0 Å². The Labute approximate surface area is 111 Å². The van der Waals surface area contributed by atoms with Crippen molar-refractivity contribution in [1.82, 2.24) is 0 Å². The van der Waals surface area contributed by atoms with Crippen molar-refractivity contribution >= 4 is 10.1 Å². The molecule has 0 unspecified atom stereocenters. The van der Waals surface area contributed by atoms with Crippen molar-refractivity contribution in [1.29, 1.82) is 0 Å². The Bertz CT molecular complexity index is 759. The van der Waals surface area contributed by atoms with Crippen molar-refractivity contribution in [2.75, 3.05) is 0 Å². The maximum atomic E-state index is 13.3. The second kappa shape index (κ2) is 5.12. The molecule has 0 aromatic heterocycles. The van der Waals surface area contributed by atoms with E-state index < -0.39 is 44.0 Å². The summed E-state index contributed by atoms with van der Waals surface area (Å²) >= 11 is 0. The predicted molar refractivity (Wildman–Crippen MR) is 60.5 cm³/mol. The third-order valence-corrected chi connectivity index (χ3v) is 3.50. The van der Waals surface area contributed by atoms with Crippen LogP contribution in [0.3, 0.4) is 0 Å². The van der Waals surface area contributed by atoms with Crippen LogP contribution in [0.15, 0.2) is 41.3 Å². The molecule has 2 aromatic carbocycles. The Morgan fingerprint density at radius 2 is 1.50 bits per heavy atom. The van der Waals surface area contributed by atoms with Crippen molar-refractivity contribution in [3.63, 3.8) is 0 Å². The predicted octanol–water partition coefficient (Wildman–Crippen LogP) is 3.01. The van der Waals surface area contributed by atoms with E-state index in [1.165, 1.54) is 0 Å². The van der Waals surface area contributed by atoms with Crippen LogP contribution < -0.4 is 4.18 Å². The molecule has 0 saturated carbocycles. The smallest absolute Gasteiger partial charge is 0.339 e. The summed E-state index contributed by atoms with van der Waals surface area (Å²) in [4.78, 5) is -0.694. The topological polar surface area (TPSA) is 43.4 Å². The van der Waals surface area contributed by atoms with Gasteiger partial charge in [0.1, 0.15) is 10.7 Å². The summed E-state index contributed by atoms with van der Waals surface area (Å²) in [6.07, 6.45) is 0. The Morgan fingerprint density at radius 1 is 0.800 bits per heavy atom. The first-order chi connectivity index (χ1) is 9.29.